The molecule has 1 aliphatic heterocycles. The molecule has 0 radical (unpaired) electrons. The van der Waals surface area contributed by atoms with E-state index in [0.29, 0.717) is 0 Å². The van der Waals surface area contributed by atoms with Crippen LogP contribution >= 0.6 is 15.9 Å². The van der Waals surface area contributed by atoms with Crippen LogP contribution < -0.4 is 14.8 Å². The molecule has 0 spiro atoms. The molecule has 0 aliphatic carbocycles. The molecule has 1 N–H and O–H groups in total. The minimum atomic E-state index is 0.150. The zero-order valence-electron chi connectivity index (χ0n) is 11.5. The van der Waals surface area contributed by atoms with Crippen molar-refractivity contribution in [3.05, 3.63) is 22.2 Å². The van der Waals surface area contributed by atoms with Gasteiger partial charge in [0.25, 0.3) is 0 Å². The standard InChI is InChI=1S/C14H20BrNO3/c1-16-14(11-5-4-6-19-11)9-7-12(17-2)13(18-3)8-10(9)15/h7-8,11,14,16H,4-6H2,1-3H3. The number of ether oxygens (including phenoxy) is 3. The fraction of sp³-hybridized carbons (Fsp3) is 0.571. The van der Waals surface area contributed by atoms with E-state index in [1.54, 1.807) is 14.2 Å². The lowest BCUT2D eigenvalue weighted by Crippen LogP contribution is -2.29. The lowest BCUT2D eigenvalue weighted by atomic mass is 9.99. The molecule has 1 aromatic rings. The average molecular weight is 330 g/mol. The van der Waals surface area contributed by atoms with Crippen molar-refractivity contribution in [1.82, 2.24) is 5.32 Å². The van der Waals surface area contributed by atoms with E-state index in [2.05, 4.69) is 21.2 Å². The SMILES string of the molecule is CNC(c1cc(OC)c(OC)cc1Br)C1CCCO1. The Hall–Kier alpha value is -0.780. The molecule has 1 fully saturated rings. The van der Waals surface area contributed by atoms with Crippen LogP contribution in [0.25, 0.3) is 0 Å². The third kappa shape index (κ3) is 3.04. The first kappa shape index (κ1) is 14.6. The second kappa shape index (κ2) is 6.59. The average Bonchev–Trinajstić information content (AvgIpc) is 2.94. The van der Waals surface area contributed by atoms with Crippen molar-refractivity contribution in [2.45, 2.75) is 25.0 Å². The van der Waals surface area contributed by atoms with E-state index >= 15 is 0 Å². The number of methoxy groups -OCH3 is 2. The summed E-state index contributed by atoms with van der Waals surface area (Å²) < 4.78 is 17.5. The highest BCUT2D eigenvalue weighted by atomic mass is 79.9. The quantitative estimate of drug-likeness (QED) is 0.901. The maximum Gasteiger partial charge on any atom is 0.161 e. The third-order valence-corrected chi connectivity index (χ3v) is 4.17. The zero-order chi connectivity index (χ0) is 13.8. The Bertz CT molecular complexity index is 433. The number of hydrogen-bond donors (Lipinski definition) is 1. The monoisotopic (exact) mass is 329 g/mol. The molecule has 106 valence electrons. The zero-order valence-corrected chi connectivity index (χ0v) is 13.1. The Morgan fingerprint density at radius 2 is 2.00 bits per heavy atom. The molecular formula is C14H20BrNO3. The highest BCUT2D eigenvalue weighted by molar-refractivity contribution is 9.10. The summed E-state index contributed by atoms with van der Waals surface area (Å²) in [5, 5.41) is 3.34. The van der Waals surface area contributed by atoms with Gasteiger partial charge >= 0.3 is 0 Å². The van der Waals surface area contributed by atoms with Gasteiger partial charge in [-0.05, 0) is 37.6 Å². The lowest BCUT2D eigenvalue weighted by Gasteiger charge is -2.25. The van der Waals surface area contributed by atoms with Gasteiger partial charge in [-0.15, -0.1) is 0 Å². The molecule has 19 heavy (non-hydrogen) atoms. The Balaban J connectivity index is 2.36. The maximum absolute atomic E-state index is 5.79. The second-order valence-electron chi connectivity index (χ2n) is 4.55. The molecule has 0 aromatic heterocycles. The van der Waals surface area contributed by atoms with Crippen molar-refractivity contribution < 1.29 is 14.2 Å². The molecule has 0 saturated carbocycles. The van der Waals surface area contributed by atoms with E-state index in [1.165, 1.54) is 0 Å². The lowest BCUT2D eigenvalue weighted by molar-refractivity contribution is 0.0805. The van der Waals surface area contributed by atoms with E-state index in [9.17, 15) is 0 Å². The first-order valence-electron chi connectivity index (χ1n) is 6.41. The molecule has 0 amide bonds. The summed E-state index contributed by atoms with van der Waals surface area (Å²) in [5.74, 6) is 1.46. The molecule has 1 aromatic carbocycles. The van der Waals surface area contributed by atoms with Gasteiger partial charge in [-0.25, -0.2) is 0 Å². The minimum absolute atomic E-state index is 0.150. The van der Waals surface area contributed by atoms with Crippen LogP contribution in [0.3, 0.4) is 0 Å². The summed E-state index contributed by atoms with van der Waals surface area (Å²) in [5.41, 5.74) is 1.13. The van der Waals surface area contributed by atoms with E-state index < -0.39 is 0 Å². The fourth-order valence-corrected chi connectivity index (χ4v) is 3.08. The summed E-state index contributed by atoms with van der Waals surface area (Å²) in [6.45, 7) is 0.841. The van der Waals surface area contributed by atoms with Crippen LogP contribution in [0.5, 0.6) is 11.5 Å². The highest BCUT2D eigenvalue weighted by Gasteiger charge is 2.28. The predicted octanol–water partition coefficient (Wildman–Crippen LogP) is 2.91. The van der Waals surface area contributed by atoms with Gasteiger partial charge in [0.1, 0.15) is 0 Å². The molecule has 2 unspecified atom stereocenters. The summed E-state index contributed by atoms with van der Waals surface area (Å²) >= 11 is 3.61. The van der Waals surface area contributed by atoms with Crippen LogP contribution in [-0.4, -0.2) is 34.0 Å². The van der Waals surface area contributed by atoms with Crippen molar-refractivity contribution in [2.75, 3.05) is 27.9 Å². The summed E-state index contributed by atoms with van der Waals surface area (Å²) in [7, 11) is 5.24. The van der Waals surface area contributed by atoms with Crippen LogP contribution in [0.2, 0.25) is 0 Å². The van der Waals surface area contributed by atoms with Gasteiger partial charge in [-0.1, -0.05) is 15.9 Å². The van der Waals surface area contributed by atoms with Crippen LogP contribution in [0.4, 0.5) is 0 Å². The smallest absolute Gasteiger partial charge is 0.161 e. The van der Waals surface area contributed by atoms with Gasteiger partial charge in [0.2, 0.25) is 0 Å². The van der Waals surface area contributed by atoms with Gasteiger partial charge in [0.05, 0.1) is 26.4 Å². The van der Waals surface area contributed by atoms with Gasteiger partial charge in [0.15, 0.2) is 11.5 Å². The number of halogens is 1. The van der Waals surface area contributed by atoms with Gasteiger partial charge in [-0.2, -0.15) is 0 Å². The molecule has 1 saturated heterocycles. The number of nitrogens with one attached hydrogen (secondary N) is 1. The number of likely N-dealkylation sites (N-methyl/N-ethyl adjacent to an activating group) is 1. The van der Waals surface area contributed by atoms with Crippen LogP contribution in [0.15, 0.2) is 16.6 Å². The molecule has 2 atom stereocenters. The molecule has 5 heteroatoms. The molecular weight excluding hydrogens is 310 g/mol. The van der Waals surface area contributed by atoms with E-state index in [0.717, 1.165) is 41.0 Å². The summed E-state index contributed by atoms with van der Waals surface area (Å²) in [6.07, 6.45) is 2.40. The Labute approximate surface area is 122 Å². The van der Waals surface area contributed by atoms with Crippen molar-refractivity contribution in [3.8, 4) is 11.5 Å². The molecule has 1 aliphatic rings. The van der Waals surface area contributed by atoms with Crippen molar-refractivity contribution in [3.63, 3.8) is 0 Å². The van der Waals surface area contributed by atoms with Crippen LogP contribution in [0.1, 0.15) is 24.4 Å². The number of benzene rings is 1. The largest absolute Gasteiger partial charge is 0.493 e. The van der Waals surface area contributed by atoms with Gasteiger partial charge in [-0.3, -0.25) is 0 Å². The van der Waals surface area contributed by atoms with Crippen LogP contribution in [-0.2, 0) is 4.74 Å². The number of hydrogen-bond acceptors (Lipinski definition) is 4. The second-order valence-corrected chi connectivity index (χ2v) is 5.40. The van der Waals surface area contributed by atoms with E-state index in [1.807, 2.05) is 19.2 Å². The topological polar surface area (TPSA) is 39.7 Å². The van der Waals surface area contributed by atoms with Crippen molar-refractivity contribution in [1.29, 1.82) is 0 Å². The first-order chi connectivity index (χ1) is 9.21. The van der Waals surface area contributed by atoms with Crippen molar-refractivity contribution in [2.24, 2.45) is 0 Å². The molecule has 0 bridgehead atoms. The molecule has 2 rings (SSSR count). The summed E-state index contributed by atoms with van der Waals surface area (Å²) in [6, 6.07) is 4.09. The summed E-state index contributed by atoms with van der Waals surface area (Å²) in [4.78, 5) is 0. The van der Waals surface area contributed by atoms with E-state index in [4.69, 9.17) is 14.2 Å². The van der Waals surface area contributed by atoms with Gasteiger partial charge in [0, 0.05) is 11.1 Å². The Kier molecular flexibility index (Phi) is 5.07. The molecule has 4 nitrogen and oxygen atoms in total. The minimum Gasteiger partial charge on any atom is -0.493 e. The van der Waals surface area contributed by atoms with Crippen molar-refractivity contribution >= 4 is 15.9 Å². The maximum atomic E-state index is 5.79. The fourth-order valence-electron chi connectivity index (χ4n) is 2.52. The first-order valence-corrected chi connectivity index (χ1v) is 7.20. The van der Waals surface area contributed by atoms with E-state index in [-0.39, 0.29) is 12.1 Å². The predicted molar refractivity (Wildman–Crippen MR) is 78.0 cm³/mol. The Morgan fingerprint density at radius 1 is 1.32 bits per heavy atom. The Morgan fingerprint density at radius 3 is 2.53 bits per heavy atom. The highest BCUT2D eigenvalue weighted by Crippen LogP contribution is 2.38. The molecule has 1 heterocycles. The van der Waals surface area contributed by atoms with Crippen LogP contribution in [0, 0.1) is 0 Å². The normalized spacial score (nSPS) is 20.3. The van der Waals surface area contributed by atoms with Gasteiger partial charge < -0.3 is 19.5 Å². The number of rotatable bonds is 5. The third-order valence-electron chi connectivity index (χ3n) is 3.49.